The minimum Gasteiger partial charge on any atom is -0.383 e. The van der Waals surface area contributed by atoms with Crippen LogP contribution in [-0.2, 0) is 4.74 Å². The van der Waals surface area contributed by atoms with Gasteiger partial charge in [-0.05, 0) is 31.7 Å². The van der Waals surface area contributed by atoms with Gasteiger partial charge in [-0.15, -0.1) is 0 Å². The summed E-state index contributed by atoms with van der Waals surface area (Å²) in [5.74, 6) is 1.04. The Labute approximate surface area is 112 Å². The lowest BCUT2D eigenvalue weighted by atomic mass is 9.76. The zero-order valence-corrected chi connectivity index (χ0v) is 12.2. The third-order valence-electron chi connectivity index (χ3n) is 4.25. The minimum absolute atomic E-state index is 0.218. The van der Waals surface area contributed by atoms with Gasteiger partial charge in [-0.3, -0.25) is 4.90 Å². The van der Waals surface area contributed by atoms with E-state index in [0.717, 1.165) is 32.0 Å². The molecule has 1 fully saturated rings. The lowest BCUT2D eigenvalue weighted by Gasteiger charge is -2.39. The summed E-state index contributed by atoms with van der Waals surface area (Å²) < 4.78 is 5.18. The Bertz CT molecular complexity index is 262. The van der Waals surface area contributed by atoms with Gasteiger partial charge in [-0.2, -0.15) is 5.26 Å². The molecule has 0 aromatic heterocycles. The van der Waals surface area contributed by atoms with E-state index in [1.807, 2.05) is 0 Å². The van der Waals surface area contributed by atoms with E-state index in [1.165, 1.54) is 25.7 Å². The Balaban J connectivity index is 2.62. The number of nitrogens with zero attached hydrogens (tertiary/aromatic N) is 2. The van der Waals surface area contributed by atoms with Crippen molar-refractivity contribution in [3.05, 3.63) is 0 Å². The third kappa shape index (κ3) is 4.26. The van der Waals surface area contributed by atoms with Crippen molar-refractivity contribution in [3.63, 3.8) is 0 Å². The Morgan fingerprint density at radius 1 is 1.33 bits per heavy atom. The molecule has 0 radical (unpaired) electrons. The highest BCUT2D eigenvalue weighted by atomic mass is 16.5. The Kier molecular flexibility index (Phi) is 7.31. The van der Waals surface area contributed by atoms with Gasteiger partial charge in [0.05, 0.1) is 18.6 Å². The van der Waals surface area contributed by atoms with Crippen molar-refractivity contribution in [3.8, 4) is 6.07 Å². The quantitative estimate of drug-likeness (QED) is 0.698. The van der Waals surface area contributed by atoms with E-state index in [1.54, 1.807) is 7.11 Å². The van der Waals surface area contributed by atoms with E-state index in [4.69, 9.17) is 4.74 Å². The molecule has 3 heteroatoms. The second-order valence-corrected chi connectivity index (χ2v) is 5.39. The summed E-state index contributed by atoms with van der Waals surface area (Å²) in [6, 6.07) is 2.97. The summed E-state index contributed by atoms with van der Waals surface area (Å²) in [6.07, 6.45) is 6.10. The van der Waals surface area contributed by atoms with Crippen molar-refractivity contribution in [1.82, 2.24) is 4.90 Å². The molecule has 3 atom stereocenters. The molecule has 0 bridgehead atoms. The zero-order chi connectivity index (χ0) is 13.4. The first-order valence-electron chi connectivity index (χ1n) is 7.39. The molecule has 1 saturated carbocycles. The summed E-state index contributed by atoms with van der Waals surface area (Å²) >= 11 is 0. The number of likely N-dealkylation sites (N-methyl/N-ethyl adjacent to an activating group) is 1. The van der Waals surface area contributed by atoms with Crippen LogP contribution in [0.5, 0.6) is 0 Å². The first kappa shape index (κ1) is 15.5. The molecule has 3 unspecified atom stereocenters. The van der Waals surface area contributed by atoms with Gasteiger partial charge in [0.1, 0.15) is 0 Å². The topological polar surface area (TPSA) is 36.3 Å². The Hall–Kier alpha value is -0.590. The lowest BCUT2D eigenvalue weighted by molar-refractivity contribution is 0.0724. The fourth-order valence-corrected chi connectivity index (χ4v) is 3.22. The van der Waals surface area contributed by atoms with Crippen molar-refractivity contribution >= 4 is 0 Å². The molecule has 18 heavy (non-hydrogen) atoms. The first-order valence-corrected chi connectivity index (χ1v) is 7.39. The van der Waals surface area contributed by atoms with E-state index in [0.29, 0.717) is 6.04 Å². The van der Waals surface area contributed by atoms with Crippen LogP contribution >= 0.6 is 0 Å². The Morgan fingerprint density at radius 2 is 2.11 bits per heavy atom. The largest absolute Gasteiger partial charge is 0.383 e. The number of methoxy groups -OCH3 is 1. The van der Waals surface area contributed by atoms with E-state index >= 15 is 0 Å². The maximum atomic E-state index is 9.34. The minimum atomic E-state index is 0.218. The average Bonchev–Trinajstić information content (AvgIpc) is 2.40. The Morgan fingerprint density at radius 3 is 2.67 bits per heavy atom. The van der Waals surface area contributed by atoms with Gasteiger partial charge in [0.2, 0.25) is 0 Å². The molecule has 0 saturated heterocycles. The summed E-state index contributed by atoms with van der Waals surface area (Å²) in [5, 5.41) is 9.34. The maximum absolute atomic E-state index is 9.34. The molecule has 1 aliphatic carbocycles. The predicted octanol–water partition coefficient (Wildman–Crippen LogP) is 3.06. The number of rotatable bonds is 7. The van der Waals surface area contributed by atoms with E-state index in [9.17, 15) is 5.26 Å². The van der Waals surface area contributed by atoms with Crippen LogP contribution in [0.1, 0.15) is 46.0 Å². The molecule has 0 aromatic rings. The molecule has 0 spiro atoms. The molecule has 0 aliphatic heterocycles. The summed E-state index contributed by atoms with van der Waals surface area (Å²) in [4.78, 5) is 2.44. The third-order valence-corrected chi connectivity index (χ3v) is 4.25. The van der Waals surface area contributed by atoms with Gasteiger partial charge in [0, 0.05) is 19.7 Å². The normalized spacial score (nSPS) is 28.3. The molecule has 1 rings (SSSR count). The summed E-state index contributed by atoms with van der Waals surface area (Å²) in [5.41, 5.74) is 0. The van der Waals surface area contributed by atoms with Crippen LogP contribution in [0.3, 0.4) is 0 Å². The number of hydrogen-bond acceptors (Lipinski definition) is 3. The predicted molar refractivity (Wildman–Crippen MR) is 74.3 cm³/mol. The summed E-state index contributed by atoms with van der Waals surface area (Å²) in [6.45, 7) is 7.18. The SMILES string of the molecule is CCCC1CCC(C#N)C(N(CC)CCOC)C1. The van der Waals surface area contributed by atoms with Crippen LogP contribution in [0.4, 0.5) is 0 Å². The molecular weight excluding hydrogens is 224 g/mol. The molecule has 104 valence electrons. The van der Waals surface area contributed by atoms with Crippen LogP contribution in [0.15, 0.2) is 0 Å². The summed E-state index contributed by atoms with van der Waals surface area (Å²) in [7, 11) is 1.75. The fourth-order valence-electron chi connectivity index (χ4n) is 3.22. The molecule has 0 aromatic carbocycles. The van der Waals surface area contributed by atoms with Crippen molar-refractivity contribution in [2.24, 2.45) is 11.8 Å². The standard InChI is InChI=1S/C15H28N2O/c1-4-6-13-7-8-14(12-16)15(11-13)17(5-2)9-10-18-3/h13-15H,4-11H2,1-3H3. The maximum Gasteiger partial charge on any atom is 0.0672 e. The highest BCUT2D eigenvalue weighted by Gasteiger charge is 2.33. The first-order chi connectivity index (χ1) is 8.76. The molecule has 0 heterocycles. The van der Waals surface area contributed by atoms with Crippen molar-refractivity contribution in [2.45, 2.75) is 52.0 Å². The van der Waals surface area contributed by atoms with E-state index in [2.05, 4.69) is 24.8 Å². The van der Waals surface area contributed by atoms with Gasteiger partial charge < -0.3 is 4.74 Å². The second kappa shape index (κ2) is 8.50. The van der Waals surface area contributed by atoms with Crippen LogP contribution < -0.4 is 0 Å². The molecule has 1 aliphatic rings. The molecular formula is C15H28N2O. The van der Waals surface area contributed by atoms with Crippen LogP contribution in [0.25, 0.3) is 0 Å². The molecule has 0 N–H and O–H groups in total. The van der Waals surface area contributed by atoms with Gasteiger partial charge in [-0.1, -0.05) is 26.7 Å². The van der Waals surface area contributed by atoms with Crippen LogP contribution in [0, 0.1) is 23.2 Å². The highest BCUT2D eigenvalue weighted by Crippen LogP contribution is 2.34. The molecule has 0 amide bonds. The second-order valence-electron chi connectivity index (χ2n) is 5.39. The fraction of sp³-hybridized carbons (Fsp3) is 0.933. The number of hydrogen-bond donors (Lipinski definition) is 0. The van der Waals surface area contributed by atoms with Gasteiger partial charge in [-0.25, -0.2) is 0 Å². The van der Waals surface area contributed by atoms with E-state index in [-0.39, 0.29) is 5.92 Å². The molecule has 3 nitrogen and oxygen atoms in total. The van der Waals surface area contributed by atoms with Gasteiger partial charge >= 0.3 is 0 Å². The van der Waals surface area contributed by atoms with E-state index < -0.39 is 0 Å². The highest BCUT2D eigenvalue weighted by molar-refractivity contribution is 4.97. The van der Waals surface area contributed by atoms with Crippen LogP contribution in [0.2, 0.25) is 0 Å². The smallest absolute Gasteiger partial charge is 0.0672 e. The van der Waals surface area contributed by atoms with Gasteiger partial charge in [0.15, 0.2) is 0 Å². The number of nitriles is 1. The number of ether oxygens (including phenoxy) is 1. The average molecular weight is 252 g/mol. The monoisotopic (exact) mass is 252 g/mol. The van der Waals surface area contributed by atoms with Crippen molar-refractivity contribution < 1.29 is 4.74 Å². The van der Waals surface area contributed by atoms with Gasteiger partial charge in [0.25, 0.3) is 0 Å². The zero-order valence-electron chi connectivity index (χ0n) is 12.2. The van der Waals surface area contributed by atoms with Crippen molar-refractivity contribution in [1.29, 1.82) is 5.26 Å². The lowest BCUT2D eigenvalue weighted by Crippen LogP contribution is -2.45. The van der Waals surface area contributed by atoms with Crippen LogP contribution in [-0.4, -0.2) is 37.7 Å². The van der Waals surface area contributed by atoms with Crippen molar-refractivity contribution in [2.75, 3.05) is 26.8 Å².